The van der Waals surface area contributed by atoms with E-state index in [0.717, 1.165) is 5.69 Å². The molecule has 0 saturated carbocycles. The van der Waals surface area contributed by atoms with Crippen LogP contribution in [0.1, 0.15) is 97.2 Å². The molecule has 0 fully saturated rings. The Morgan fingerprint density at radius 3 is 1.11 bits per heavy atom. The normalized spacial score (nSPS) is 16.3. The summed E-state index contributed by atoms with van der Waals surface area (Å²) < 4.78 is 0. The Balaban J connectivity index is 0.950. The van der Waals surface area contributed by atoms with Crippen molar-refractivity contribution in [1.82, 2.24) is 0 Å². The minimum absolute atomic E-state index is 0.109. The third-order valence-corrected chi connectivity index (χ3v) is 16.2. The van der Waals surface area contributed by atoms with Gasteiger partial charge in [-0.2, -0.15) is 0 Å². The quantitative estimate of drug-likeness (QED) is 0.171. The molecule has 0 N–H and O–H groups in total. The van der Waals surface area contributed by atoms with E-state index in [1.54, 1.807) is 0 Å². The van der Waals surface area contributed by atoms with Gasteiger partial charge in [-0.3, -0.25) is 0 Å². The van der Waals surface area contributed by atoms with Gasteiger partial charge in [0.25, 0.3) is 0 Å². The highest BCUT2D eigenvalue weighted by molar-refractivity contribution is 5.92. The first-order valence-electron chi connectivity index (χ1n) is 23.3. The lowest BCUT2D eigenvalue weighted by Crippen LogP contribution is -2.40. The Morgan fingerprint density at radius 2 is 0.600 bits per heavy atom. The summed E-state index contributed by atoms with van der Waals surface area (Å²) in [6.07, 6.45) is 0. The monoisotopic (exact) mass is 833 g/mol. The van der Waals surface area contributed by atoms with Gasteiger partial charge in [-0.05, 0) is 143 Å². The van der Waals surface area contributed by atoms with Crippen molar-refractivity contribution in [3.05, 3.63) is 256 Å². The van der Waals surface area contributed by atoms with Crippen molar-refractivity contribution in [3.8, 4) is 44.5 Å². The van der Waals surface area contributed by atoms with E-state index < -0.39 is 5.41 Å². The summed E-state index contributed by atoms with van der Waals surface area (Å²) in [4.78, 5) is 2.48. The Hall–Kier alpha value is -7.22. The fraction of sp³-hybridized carbons (Fsp3) is 0.156. The van der Waals surface area contributed by atoms with E-state index >= 15 is 0 Å². The van der Waals surface area contributed by atoms with Gasteiger partial charge in [0.15, 0.2) is 0 Å². The molecule has 13 rings (SSSR count). The van der Waals surface area contributed by atoms with Crippen LogP contribution < -0.4 is 4.90 Å². The highest BCUT2D eigenvalue weighted by Gasteiger charge is 2.53. The average Bonchev–Trinajstić information content (AvgIpc) is 3.85. The Kier molecular flexibility index (Phi) is 7.76. The molecule has 4 aliphatic rings. The molecule has 1 spiro atoms. The van der Waals surface area contributed by atoms with Crippen LogP contribution in [0.2, 0.25) is 0 Å². The number of benzene rings is 9. The van der Waals surface area contributed by atoms with Crippen LogP contribution in [0.5, 0.6) is 0 Å². The molecule has 0 aliphatic heterocycles. The van der Waals surface area contributed by atoms with Crippen LogP contribution in [0.4, 0.5) is 17.1 Å². The van der Waals surface area contributed by atoms with Gasteiger partial charge >= 0.3 is 0 Å². The van der Waals surface area contributed by atoms with Crippen LogP contribution in [0, 0.1) is 0 Å². The molecule has 0 unspecified atom stereocenters. The van der Waals surface area contributed by atoms with Crippen molar-refractivity contribution in [1.29, 1.82) is 0 Å². The minimum Gasteiger partial charge on any atom is -0.310 e. The number of nitrogens with zero attached hydrogens (tertiary/aromatic N) is 1. The molecule has 1 heteroatoms. The van der Waals surface area contributed by atoms with Crippen LogP contribution in [-0.4, -0.2) is 0 Å². The van der Waals surface area contributed by atoms with Crippen LogP contribution in [-0.2, 0) is 21.7 Å². The average molecular weight is 834 g/mol. The lowest BCUT2D eigenvalue weighted by molar-refractivity contribution is 0.563. The molecule has 312 valence electrons. The van der Waals surface area contributed by atoms with Crippen molar-refractivity contribution >= 4 is 17.1 Å². The molecule has 0 bridgehead atoms. The molecule has 4 aliphatic carbocycles. The summed E-state index contributed by atoms with van der Waals surface area (Å²) in [6.45, 7) is 14.3. The van der Waals surface area contributed by atoms with E-state index in [9.17, 15) is 0 Å². The molecule has 9 aromatic carbocycles. The Morgan fingerprint density at radius 1 is 0.246 bits per heavy atom. The fourth-order valence-electron chi connectivity index (χ4n) is 13.0. The van der Waals surface area contributed by atoms with E-state index in [1.807, 2.05) is 0 Å². The van der Waals surface area contributed by atoms with Crippen LogP contribution in [0.15, 0.2) is 200 Å². The summed E-state index contributed by atoms with van der Waals surface area (Å²) in [5.41, 5.74) is 27.0. The standard InChI is InChI=1S/C64H51N/c1-61(2)51-20-10-7-17-45(51)48-34-32-43(38-59(48)61)65(44-33-35-49-46-18-8-11-21-52(46)62(3,4)60(49)39-44)42-30-27-40(28-31-42)41-29-36-54-50(37-41)47-19-9-12-22-53(47)64(54)57-25-15-13-23-55(57)63(5,6)56-24-14-16-26-58(56)64/h7-39H,1-6H3. The zero-order chi connectivity index (χ0) is 44.0. The van der Waals surface area contributed by atoms with E-state index in [2.05, 4.69) is 247 Å². The van der Waals surface area contributed by atoms with Crippen LogP contribution >= 0.6 is 0 Å². The van der Waals surface area contributed by atoms with Gasteiger partial charge < -0.3 is 4.90 Å². The van der Waals surface area contributed by atoms with Crippen molar-refractivity contribution in [2.45, 2.75) is 63.2 Å². The largest absolute Gasteiger partial charge is 0.310 e. The second-order valence-corrected chi connectivity index (χ2v) is 20.5. The van der Waals surface area contributed by atoms with Crippen molar-refractivity contribution in [3.63, 3.8) is 0 Å². The summed E-state index contributed by atoms with van der Waals surface area (Å²) in [5, 5.41) is 0. The predicted octanol–water partition coefficient (Wildman–Crippen LogP) is 16.4. The molecule has 0 atom stereocenters. The maximum Gasteiger partial charge on any atom is 0.0719 e. The molecule has 0 saturated heterocycles. The van der Waals surface area contributed by atoms with Gasteiger partial charge in [0.2, 0.25) is 0 Å². The second kappa shape index (κ2) is 13.2. The van der Waals surface area contributed by atoms with Gasteiger partial charge in [0.05, 0.1) is 5.41 Å². The molecule has 0 amide bonds. The summed E-state index contributed by atoms with van der Waals surface area (Å²) >= 11 is 0. The lowest BCUT2D eigenvalue weighted by Gasteiger charge is -2.46. The Labute approximate surface area is 383 Å². The second-order valence-electron chi connectivity index (χ2n) is 20.5. The van der Waals surface area contributed by atoms with Crippen molar-refractivity contribution < 1.29 is 0 Å². The zero-order valence-electron chi connectivity index (χ0n) is 38.0. The summed E-state index contributed by atoms with van der Waals surface area (Å²) in [6, 6.07) is 76.2. The maximum absolute atomic E-state index is 2.48. The SMILES string of the molecule is CC1(C)c2ccccc2-c2ccc(N(c3ccc(-c4ccc5c(c4)-c4ccccc4C54c5ccccc5C(C)(C)c5ccccc54)cc3)c3ccc4c(c3)C(C)(C)c3ccccc3-4)cc21. The molecular weight excluding hydrogens is 783 g/mol. The third-order valence-electron chi connectivity index (χ3n) is 16.2. The van der Waals surface area contributed by atoms with Gasteiger partial charge in [-0.1, -0.05) is 199 Å². The number of anilines is 3. The van der Waals surface area contributed by atoms with Gasteiger partial charge in [-0.15, -0.1) is 0 Å². The smallest absolute Gasteiger partial charge is 0.0719 e. The molecular formula is C64H51N. The maximum atomic E-state index is 2.48. The molecule has 0 heterocycles. The molecule has 65 heavy (non-hydrogen) atoms. The van der Waals surface area contributed by atoms with E-state index in [0.29, 0.717) is 0 Å². The third kappa shape index (κ3) is 4.99. The number of hydrogen-bond acceptors (Lipinski definition) is 1. The van der Waals surface area contributed by atoms with Gasteiger partial charge in [-0.25, -0.2) is 0 Å². The highest BCUT2D eigenvalue weighted by atomic mass is 15.1. The highest BCUT2D eigenvalue weighted by Crippen LogP contribution is 2.62. The van der Waals surface area contributed by atoms with Crippen molar-refractivity contribution in [2.75, 3.05) is 4.90 Å². The molecule has 0 radical (unpaired) electrons. The summed E-state index contributed by atoms with van der Waals surface area (Å²) in [7, 11) is 0. The van der Waals surface area contributed by atoms with Gasteiger partial charge in [0.1, 0.15) is 0 Å². The predicted molar refractivity (Wildman–Crippen MR) is 271 cm³/mol. The van der Waals surface area contributed by atoms with Crippen molar-refractivity contribution in [2.24, 2.45) is 0 Å². The number of hydrogen-bond donors (Lipinski definition) is 0. The molecule has 0 aromatic heterocycles. The minimum atomic E-state index is -0.394. The topological polar surface area (TPSA) is 3.24 Å². The molecule has 9 aromatic rings. The first-order valence-corrected chi connectivity index (χ1v) is 23.3. The van der Waals surface area contributed by atoms with Crippen LogP contribution in [0.3, 0.4) is 0 Å². The number of fused-ring (bicyclic) bond motifs is 15. The van der Waals surface area contributed by atoms with E-state index in [-0.39, 0.29) is 16.2 Å². The number of rotatable bonds is 4. The fourth-order valence-corrected chi connectivity index (χ4v) is 13.0. The van der Waals surface area contributed by atoms with E-state index in [4.69, 9.17) is 0 Å². The van der Waals surface area contributed by atoms with Crippen LogP contribution in [0.25, 0.3) is 44.5 Å². The van der Waals surface area contributed by atoms with E-state index in [1.165, 1.54) is 112 Å². The Bertz CT molecular complexity index is 3310. The first-order chi connectivity index (χ1) is 31.5. The van der Waals surface area contributed by atoms with Gasteiger partial charge in [0, 0.05) is 33.3 Å². The zero-order valence-corrected chi connectivity index (χ0v) is 38.0. The lowest BCUT2D eigenvalue weighted by atomic mass is 9.55. The molecule has 1 nitrogen and oxygen atoms in total. The first kappa shape index (κ1) is 38.3. The summed E-state index contributed by atoms with van der Waals surface area (Å²) in [5.74, 6) is 0.